The lowest BCUT2D eigenvalue weighted by Gasteiger charge is -2.42. The van der Waals surface area contributed by atoms with Gasteiger partial charge in [0.25, 0.3) is 5.91 Å². The highest BCUT2D eigenvalue weighted by Gasteiger charge is 2.31. The average Bonchev–Trinajstić information content (AvgIpc) is 3.56. The van der Waals surface area contributed by atoms with Gasteiger partial charge in [0.2, 0.25) is 6.79 Å². The molecule has 178 valence electrons. The molecule has 1 saturated heterocycles. The number of hydrogen-bond acceptors (Lipinski definition) is 7. The predicted molar refractivity (Wildman–Crippen MR) is 133 cm³/mol. The number of methoxy groups -OCH3 is 1. The molecule has 34 heavy (non-hydrogen) atoms. The molecule has 3 heterocycles. The van der Waals surface area contributed by atoms with E-state index in [1.54, 1.807) is 36.6 Å². The van der Waals surface area contributed by atoms with E-state index >= 15 is 0 Å². The summed E-state index contributed by atoms with van der Waals surface area (Å²) in [5, 5.41) is 5.33. The van der Waals surface area contributed by atoms with E-state index < -0.39 is 0 Å². The number of carbonyl (C=O) groups excluding carboxylic acids is 1. The zero-order chi connectivity index (χ0) is 23.5. The Kier molecular flexibility index (Phi) is 6.60. The molecule has 0 bridgehead atoms. The summed E-state index contributed by atoms with van der Waals surface area (Å²) in [6, 6.07) is 17.7. The van der Waals surface area contributed by atoms with Crippen LogP contribution in [0.3, 0.4) is 0 Å². The smallest absolute Gasteiger partial charge is 0.251 e. The van der Waals surface area contributed by atoms with E-state index in [0.29, 0.717) is 17.1 Å². The summed E-state index contributed by atoms with van der Waals surface area (Å²) in [5.74, 6) is 2.08. The van der Waals surface area contributed by atoms with Crippen molar-refractivity contribution < 1.29 is 19.0 Å². The first-order chi connectivity index (χ1) is 16.6. The number of hydrogen-bond donors (Lipinski definition) is 1. The fourth-order valence-corrected chi connectivity index (χ4v) is 5.71. The topological polar surface area (TPSA) is 63.3 Å². The highest BCUT2D eigenvalue weighted by atomic mass is 32.1. The summed E-state index contributed by atoms with van der Waals surface area (Å²) >= 11 is 1.73. The number of para-hydroxylation sites is 2. The zero-order valence-corrected chi connectivity index (χ0v) is 20.2. The standard InChI is InChI=1S/C26H29N3O4S/c1-18(27-26(30)19-9-10-22-23(16-19)33-17-32-22)25(24-8-5-15-34-24)29-13-11-28(12-14-29)20-6-3-4-7-21(20)31-2/h3-10,15-16,18,25H,11-14,17H2,1-2H3,(H,27,30)/t18-,25+/m0/s1. The summed E-state index contributed by atoms with van der Waals surface area (Å²) < 4.78 is 16.4. The molecule has 7 nitrogen and oxygen atoms in total. The fraction of sp³-hybridized carbons (Fsp3) is 0.346. The molecule has 0 saturated carbocycles. The second-order valence-electron chi connectivity index (χ2n) is 8.49. The molecule has 0 aliphatic carbocycles. The fourth-order valence-electron chi connectivity index (χ4n) is 4.74. The van der Waals surface area contributed by atoms with Gasteiger partial charge in [-0.05, 0) is 48.7 Å². The first-order valence-corrected chi connectivity index (χ1v) is 12.4. The second-order valence-corrected chi connectivity index (χ2v) is 9.46. The molecule has 0 spiro atoms. The Balaban J connectivity index is 1.29. The lowest BCUT2D eigenvalue weighted by atomic mass is 10.0. The number of carbonyl (C=O) groups is 1. The van der Waals surface area contributed by atoms with Crippen molar-refractivity contribution in [3.05, 3.63) is 70.4 Å². The lowest BCUT2D eigenvalue weighted by molar-refractivity contribution is 0.0890. The van der Waals surface area contributed by atoms with Crippen LogP contribution in [0.5, 0.6) is 17.2 Å². The molecule has 1 fully saturated rings. The van der Waals surface area contributed by atoms with Crippen molar-refractivity contribution in [2.24, 2.45) is 0 Å². The summed E-state index contributed by atoms with van der Waals surface area (Å²) in [7, 11) is 1.71. The van der Waals surface area contributed by atoms with Crippen molar-refractivity contribution >= 4 is 22.9 Å². The SMILES string of the molecule is COc1ccccc1N1CCN([C@@H](c2cccs2)[C@H](C)NC(=O)c2ccc3c(c2)OCO3)CC1. The highest BCUT2D eigenvalue weighted by molar-refractivity contribution is 7.10. The number of rotatable bonds is 7. The number of piperazine rings is 1. The van der Waals surface area contributed by atoms with Crippen LogP contribution in [0.4, 0.5) is 5.69 Å². The van der Waals surface area contributed by atoms with Gasteiger partial charge in [-0.3, -0.25) is 9.69 Å². The molecule has 5 rings (SSSR count). The molecule has 1 amide bonds. The number of nitrogens with one attached hydrogen (secondary N) is 1. The van der Waals surface area contributed by atoms with Crippen LogP contribution in [0.25, 0.3) is 0 Å². The normalized spacial score (nSPS) is 17.3. The van der Waals surface area contributed by atoms with Gasteiger partial charge >= 0.3 is 0 Å². The molecule has 2 aromatic carbocycles. The third-order valence-corrected chi connectivity index (χ3v) is 7.38. The number of benzene rings is 2. The van der Waals surface area contributed by atoms with Crippen LogP contribution in [0.15, 0.2) is 60.0 Å². The van der Waals surface area contributed by atoms with Crippen molar-refractivity contribution in [2.75, 3.05) is 45.0 Å². The summed E-state index contributed by atoms with van der Waals surface area (Å²) in [6.45, 7) is 5.85. The Morgan fingerprint density at radius 3 is 2.59 bits per heavy atom. The maximum Gasteiger partial charge on any atom is 0.251 e. The maximum absolute atomic E-state index is 13.1. The van der Waals surface area contributed by atoms with Gasteiger partial charge in [-0.1, -0.05) is 18.2 Å². The lowest BCUT2D eigenvalue weighted by Crippen LogP contribution is -2.52. The van der Waals surface area contributed by atoms with Gasteiger partial charge in [-0.15, -0.1) is 11.3 Å². The van der Waals surface area contributed by atoms with E-state index in [2.05, 4.69) is 45.6 Å². The molecule has 2 aliphatic rings. The van der Waals surface area contributed by atoms with Crippen LogP contribution in [-0.4, -0.2) is 56.9 Å². The quantitative estimate of drug-likeness (QED) is 0.549. The number of thiophene rings is 1. The van der Waals surface area contributed by atoms with Crippen LogP contribution in [0.1, 0.15) is 28.2 Å². The monoisotopic (exact) mass is 479 g/mol. The Hall–Kier alpha value is -3.23. The van der Waals surface area contributed by atoms with Gasteiger partial charge in [0.15, 0.2) is 11.5 Å². The molecule has 8 heteroatoms. The van der Waals surface area contributed by atoms with E-state index in [0.717, 1.165) is 37.6 Å². The molecule has 2 atom stereocenters. The number of ether oxygens (including phenoxy) is 3. The largest absolute Gasteiger partial charge is 0.495 e. The molecule has 0 unspecified atom stereocenters. The molecule has 2 aliphatic heterocycles. The van der Waals surface area contributed by atoms with E-state index in [4.69, 9.17) is 14.2 Å². The van der Waals surface area contributed by atoms with Gasteiger partial charge in [0.1, 0.15) is 5.75 Å². The van der Waals surface area contributed by atoms with E-state index in [9.17, 15) is 4.79 Å². The average molecular weight is 480 g/mol. The van der Waals surface area contributed by atoms with Crippen molar-refractivity contribution in [1.29, 1.82) is 0 Å². The highest BCUT2D eigenvalue weighted by Crippen LogP contribution is 2.34. The number of fused-ring (bicyclic) bond motifs is 1. The molecule has 1 aromatic heterocycles. The van der Waals surface area contributed by atoms with Crippen LogP contribution in [0, 0.1) is 0 Å². The van der Waals surface area contributed by atoms with Crippen LogP contribution in [0.2, 0.25) is 0 Å². The molecular weight excluding hydrogens is 450 g/mol. The molecule has 0 radical (unpaired) electrons. The minimum atomic E-state index is -0.111. The van der Waals surface area contributed by atoms with Crippen molar-refractivity contribution in [3.8, 4) is 17.2 Å². The Morgan fingerprint density at radius 2 is 1.82 bits per heavy atom. The first kappa shape index (κ1) is 22.6. The molecule has 3 aromatic rings. The minimum Gasteiger partial charge on any atom is -0.495 e. The van der Waals surface area contributed by atoms with Crippen molar-refractivity contribution in [2.45, 2.75) is 19.0 Å². The first-order valence-electron chi connectivity index (χ1n) is 11.5. The van der Waals surface area contributed by atoms with Gasteiger partial charge in [0, 0.05) is 42.7 Å². The van der Waals surface area contributed by atoms with E-state index in [-0.39, 0.29) is 24.8 Å². The Labute approximate surface area is 203 Å². The number of amides is 1. The van der Waals surface area contributed by atoms with Crippen LogP contribution >= 0.6 is 11.3 Å². The van der Waals surface area contributed by atoms with Gasteiger partial charge in [0.05, 0.1) is 18.8 Å². The van der Waals surface area contributed by atoms with Gasteiger partial charge < -0.3 is 24.4 Å². The number of nitrogens with zero attached hydrogens (tertiary/aromatic N) is 2. The van der Waals surface area contributed by atoms with Crippen molar-refractivity contribution in [3.63, 3.8) is 0 Å². The maximum atomic E-state index is 13.1. The zero-order valence-electron chi connectivity index (χ0n) is 19.4. The predicted octanol–water partition coefficient (Wildman–Crippen LogP) is 4.17. The van der Waals surface area contributed by atoms with Gasteiger partial charge in [-0.2, -0.15) is 0 Å². The van der Waals surface area contributed by atoms with Crippen LogP contribution < -0.4 is 24.4 Å². The second kappa shape index (κ2) is 9.95. The number of anilines is 1. The Bertz CT molecular complexity index is 1130. The summed E-state index contributed by atoms with van der Waals surface area (Å²) in [4.78, 5) is 19.2. The summed E-state index contributed by atoms with van der Waals surface area (Å²) in [5.41, 5.74) is 1.70. The summed E-state index contributed by atoms with van der Waals surface area (Å²) in [6.07, 6.45) is 0. The van der Waals surface area contributed by atoms with Crippen molar-refractivity contribution in [1.82, 2.24) is 10.2 Å². The third kappa shape index (κ3) is 4.56. The van der Waals surface area contributed by atoms with Crippen LogP contribution in [-0.2, 0) is 0 Å². The van der Waals surface area contributed by atoms with Gasteiger partial charge in [-0.25, -0.2) is 0 Å². The third-order valence-electron chi connectivity index (χ3n) is 6.44. The van der Waals surface area contributed by atoms with E-state index in [1.165, 1.54) is 4.88 Å². The molecule has 1 N–H and O–H groups in total. The Morgan fingerprint density at radius 1 is 1.03 bits per heavy atom. The minimum absolute atomic E-state index is 0.0746. The van der Waals surface area contributed by atoms with E-state index in [1.807, 2.05) is 18.2 Å². The molecular formula is C26H29N3O4S.